The molecule has 71 heavy (non-hydrogen) atoms. The monoisotopic (exact) mass is 993 g/mol. The number of hydrogen-bond acceptors (Lipinski definition) is 6. The maximum atomic E-state index is 12.8. The number of ether oxygens (including phenoxy) is 3. The first-order chi connectivity index (χ1) is 35.0. The van der Waals surface area contributed by atoms with Crippen molar-refractivity contribution >= 4 is 17.9 Å². The summed E-state index contributed by atoms with van der Waals surface area (Å²) in [6.07, 6.45) is 75.5. The normalized spacial score (nSPS) is 12.4. The van der Waals surface area contributed by atoms with E-state index in [1.807, 2.05) is 0 Å². The highest BCUT2D eigenvalue weighted by Gasteiger charge is 2.19. The standard InChI is InChI=1S/C65H116O6/c1-4-7-10-13-16-18-20-22-24-26-28-29-30-31-32-33-34-35-36-37-38-40-41-43-45-47-49-52-55-58-64(67)70-61-62(60-69-63(66)57-54-51-15-12-9-6-3)71-65(68)59-56-53-50-48-46-44-42-39-27-25-23-21-19-17-14-11-8-5-2/h7,10,16,18,22,24-25,27-29,62H,4-6,8-9,11-15,17,19-21,23,26,30-61H2,1-3H3/b10-7-,18-16-,24-22-,27-25-,29-28-. The minimum atomic E-state index is -0.771. The molecular formula is C65H116O6. The Kier molecular flexibility index (Phi) is 57.2. The van der Waals surface area contributed by atoms with E-state index in [1.54, 1.807) is 0 Å². The van der Waals surface area contributed by atoms with Gasteiger partial charge in [0.25, 0.3) is 0 Å². The molecule has 0 aliphatic carbocycles. The molecule has 0 aliphatic heterocycles. The van der Waals surface area contributed by atoms with Crippen LogP contribution in [-0.4, -0.2) is 37.2 Å². The molecule has 0 N–H and O–H groups in total. The maximum absolute atomic E-state index is 12.8. The van der Waals surface area contributed by atoms with E-state index in [2.05, 4.69) is 81.5 Å². The lowest BCUT2D eigenvalue weighted by atomic mass is 10.0. The summed E-state index contributed by atoms with van der Waals surface area (Å²) < 4.78 is 16.8. The summed E-state index contributed by atoms with van der Waals surface area (Å²) in [6.45, 7) is 6.50. The largest absolute Gasteiger partial charge is 0.462 e. The smallest absolute Gasteiger partial charge is 0.306 e. The molecule has 0 aromatic heterocycles. The fourth-order valence-electron chi connectivity index (χ4n) is 8.90. The Labute approximate surface area is 440 Å². The topological polar surface area (TPSA) is 78.9 Å². The Morgan fingerprint density at radius 1 is 0.296 bits per heavy atom. The van der Waals surface area contributed by atoms with Gasteiger partial charge >= 0.3 is 17.9 Å². The fraction of sp³-hybridized carbons (Fsp3) is 0.800. The summed E-state index contributed by atoms with van der Waals surface area (Å²) in [5.74, 6) is -0.873. The molecule has 412 valence electrons. The second-order valence-corrected chi connectivity index (χ2v) is 20.6. The van der Waals surface area contributed by atoms with E-state index in [1.165, 1.54) is 193 Å². The molecule has 6 heteroatoms. The average Bonchev–Trinajstić information content (AvgIpc) is 3.37. The van der Waals surface area contributed by atoms with E-state index in [9.17, 15) is 14.4 Å². The third-order valence-corrected chi connectivity index (χ3v) is 13.5. The van der Waals surface area contributed by atoms with Gasteiger partial charge in [-0.15, -0.1) is 0 Å². The summed E-state index contributed by atoms with van der Waals surface area (Å²) >= 11 is 0. The molecule has 0 aromatic rings. The lowest BCUT2D eigenvalue weighted by Gasteiger charge is -2.18. The molecule has 0 aromatic carbocycles. The molecule has 6 nitrogen and oxygen atoms in total. The Bertz CT molecular complexity index is 1280. The van der Waals surface area contributed by atoms with Crippen LogP contribution in [0.3, 0.4) is 0 Å². The third kappa shape index (κ3) is 57.9. The minimum Gasteiger partial charge on any atom is -0.462 e. The van der Waals surface area contributed by atoms with Gasteiger partial charge in [0, 0.05) is 19.3 Å². The van der Waals surface area contributed by atoms with Crippen LogP contribution in [0.1, 0.15) is 316 Å². The molecule has 1 atom stereocenters. The Morgan fingerprint density at radius 2 is 0.549 bits per heavy atom. The molecule has 0 aliphatic rings. The van der Waals surface area contributed by atoms with Crippen LogP contribution < -0.4 is 0 Å². The predicted molar refractivity (Wildman–Crippen MR) is 307 cm³/mol. The number of hydrogen-bond donors (Lipinski definition) is 0. The SMILES string of the molecule is CC/C=C\C/C=C\C/C=C\C/C=C\CCCCCCCCCCCCCCCCCCC(=O)OCC(COC(=O)CCCCCCCC)OC(=O)CCCCCCCCC/C=C\CCCCCCCCC. The highest BCUT2D eigenvalue weighted by Crippen LogP contribution is 2.17. The molecule has 1 unspecified atom stereocenters. The Balaban J connectivity index is 4.03. The van der Waals surface area contributed by atoms with Crippen molar-refractivity contribution in [2.24, 2.45) is 0 Å². The number of unbranched alkanes of at least 4 members (excludes halogenated alkanes) is 35. The van der Waals surface area contributed by atoms with Gasteiger partial charge in [-0.05, 0) is 83.5 Å². The molecule has 0 spiro atoms. The van der Waals surface area contributed by atoms with Crippen LogP contribution in [0.2, 0.25) is 0 Å². The molecular weight excluding hydrogens is 877 g/mol. The van der Waals surface area contributed by atoms with Crippen molar-refractivity contribution in [3.8, 4) is 0 Å². The maximum Gasteiger partial charge on any atom is 0.306 e. The van der Waals surface area contributed by atoms with Crippen LogP contribution in [0.5, 0.6) is 0 Å². The summed E-state index contributed by atoms with van der Waals surface area (Å²) in [6, 6.07) is 0. The van der Waals surface area contributed by atoms with Gasteiger partial charge in [0.15, 0.2) is 6.10 Å². The van der Waals surface area contributed by atoms with E-state index in [0.29, 0.717) is 19.3 Å². The molecule has 0 saturated heterocycles. The van der Waals surface area contributed by atoms with Crippen LogP contribution in [0.4, 0.5) is 0 Å². The van der Waals surface area contributed by atoms with Gasteiger partial charge in [0.1, 0.15) is 13.2 Å². The van der Waals surface area contributed by atoms with E-state index in [-0.39, 0.29) is 31.1 Å². The van der Waals surface area contributed by atoms with Crippen molar-refractivity contribution in [2.45, 2.75) is 322 Å². The van der Waals surface area contributed by atoms with Gasteiger partial charge in [-0.1, -0.05) is 274 Å². The number of rotatable bonds is 56. The van der Waals surface area contributed by atoms with Crippen molar-refractivity contribution in [3.05, 3.63) is 60.8 Å². The van der Waals surface area contributed by atoms with Gasteiger partial charge in [-0.2, -0.15) is 0 Å². The molecule has 0 saturated carbocycles. The van der Waals surface area contributed by atoms with Crippen molar-refractivity contribution in [1.82, 2.24) is 0 Å². The van der Waals surface area contributed by atoms with Crippen molar-refractivity contribution < 1.29 is 28.6 Å². The first-order valence-electron chi connectivity index (χ1n) is 30.8. The van der Waals surface area contributed by atoms with E-state index < -0.39 is 6.10 Å². The highest BCUT2D eigenvalue weighted by atomic mass is 16.6. The number of esters is 3. The van der Waals surface area contributed by atoms with Crippen molar-refractivity contribution in [2.75, 3.05) is 13.2 Å². The molecule has 0 heterocycles. The summed E-state index contributed by atoms with van der Waals surface area (Å²) in [5.41, 5.74) is 0. The van der Waals surface area contributed by atoms with E-state index in [4.69, 9.17) is 14.2 Å². The summed E-state index contributed by atoms with van der Waals surface area (Å²) in [4.78, 5) is 37.9. The van der Waals surface area contributed by atoms with Crippen molar-refractivity contribution in [3.63, 3.8) is 0 Å². The number of allylic oxidation sites excluding steroid dienone is 10. The van der Waals surface area contributed by atoms with Gasteiger partial charge in [-0.3, -0.25) is 14.4 Å². The van der Waals surface area contributed by atoms with E-state index >= 15 is 0 Å². The van der Waals surface area contributed by atoms with Crippen LogP contribution in [0.15, 0.2) is 60.8 Å². The van der Waals surface area contributed by atoms with Crippen LogP contribution in [0.25, 0.3) is 0 Å². The number of carbonyl (C=O) groups is 3. The van der Waals surface area contributed by atoms with Gasteiger partial charge in [0.05, 0.1) is 0 Å². The zero-order chi connectivity index (χ0) is 51.4. The average molecular weight is 994 g/mol. The van der Waals surface area contributed by atoms with Gasteiger partial charge < -0.3 is 14.2 Å². The second-order valence-electron chi connectivity index (χ2n) is 20.6. The van der Waals surface area contributed by atoms with Gasteiger partial charge in [0.2, 0.25) is 0 Å². The lowest BCUT2D eigenvalue weighted by Crippen LogP contribution is -2.30. The number of carbonyl (C=O) groups excluding carboxylic acids is 3. The third-order valence-electron chi connectivity index (χ3n) is 13.5. The van der Waals surface area contributed by atoms with Crippen molar-refractivity contribution in [1.29, 1.82) is 0 Å². The highest BCUT2D eigenvalue weighted by molar-refractivity contribution is 5.71. The minimum absolute atomic E-state index is 0.0725. The zero-order valence-corrected chi connectivity index (χ0v) is 47.2. The molecule has 0 bridgehead atoms. The van der Waals surface area contributed by atoms with Crippen LogP contribution in [0, 0.1) is 0 Å². The summed E-state index contributed by atoms with van der Waals surface area (Å²) in [7, 11) is 0. The molecule has 0 amide bonds. The molecule has 0 fully saturated rings. The quantitative estimate of drug-likeness (QED) is 0.0261. The van der Waals surface area contributed by atoms with Gasteiger partial charge in [-0.25, -0.2) is 0 Å². The zero-order valence-electron chi connectivity index (χ0n) is 47.2. The van der Waals surface area contributed by atoms with Crippen LogP contribution >= 0.6 is 0 Å². The second kappa shape index (κ2) is 59.7. The summed E-state index contributed by atoms with van der Waals surface area (Å²) in [5, 5.41) is 0. The lowest BCUT2D eigenvalue weighted by molar-refractivity contribution is -0.167. The first-order valence-corrected chi connectivity index (χ1v) is 30.8. The Hall–Kier alpha value is -2.89. The van der Waals surface area contributed by atoms with Crippen LogP contribution in [-0.2, 0) is 28.6 Å². The molecule has 0 radical (unpaired) electrons. The Morgan fingerprint density at radius 3 is 0.873 bits per heavy atom. The molecule has 0 rings (SSSR count). The first kappa shape index (κ1) is 68.1. The fourth-order valence-corrected chi connectivity index (χ4v) is 8.90. The predicted octanol–water partition coefficient (Wildman–Crippen LogP) is 20.8. The van der Waals surface area contributed by atoms with E-state index in [0.717, 1.165) is 83.5 Å².